The highest BCUT2D eigenvalue weighted by Gasteiger charge is 2.33. The van der Waals surface area contributed by atoms with E-state index < -0.39 is 9.84 Å². The molecule has 1 atom stereocenters. The molecule has 2 aliphatic heterocycles. The highest BCUT2D eigenvalue weighted by Crippen LogP contribution is 2.20. The summed E-state index contributed by atoms with van der Waals surface area (Å²) in [7, 11) is -2.95. The van der Waals surface area contributed by atoms with Gasteiger partial charge in [0.1, 0.15) is 0 Å². The number of benzene rings is 1. The number of aryl methyl sites for hydroxylation is 1. The van der Waals surface area contributed by atoms with Crippen molar-refractivity contribution in [3.63, 3.8) is 0 Å². The number of hydrogen-bond acceptors (Lipinski definition) is 5. The summed E-state index contributed by atoms with van der Waals surface area (Å²) in [5.41, 5.74) is 2.13. The molecule has 6 nitrogen and oxygen atoms in total. The predicted octanol–water partition coefficient (Wildman–Crippen LogP) is 1.90. The van der Waals surface area contributed by atoms with E-state index in [1.54, 1.807) is 0 Å². The van der Waals surface area contributed by atoms with E-state index in [-0.39, 0.29) is 17.5 Å². The van der Waals surface area contributed by atoms with Crippen LogP contribution in [0.15, 0.2) is 24.3 Å². The quantitative estimate of drug-likeness (QED) is 0.718. The fourth-order valence-electron chi connectivity index (χ4n) is 3.59. The molecule has 0 radical (unpaired) electrons. The first-order valence-corrected chi connectivity index (χ1v) is 11.8. The van der Waals surface area contributed by atoms with Crippen LogP contribution in [0, 0.1) is 6.92 Å². The number of rotatable bonds is 6. The number of nitrogens with one attached hydrogen (secondary N) is 1. The Labute approximate surface area is 167 Å². The Bertz CT molecular complexity index is 731. The molecule has 0 spiro atoms. The Hall–Kier alpha value is -1.22. The standard InChI is InChI=1S/C19H29N3O3S2/c1-16-3-5-17(6-4-16)20-19(26)22(18-7-14-27(23,24)15-18)9-2-8-21-10-12-25-13-11-21/h3-6,18H,2,7-15H2,1H3,(H,20,26)/t18-/m1/s1. The van der Waals surface area contributed by atoms with Gasteiger partial charge in [0.2, 0.25) is 0 Å². The highest BCUT2D eigenvalue weighted by molar-refractivity contribution is 7.91. The van der Waals surface area contributed by atoms with Crippen LogP contribution in [0.2, 0.25) is 0 Å². The van der Waals surface area contributed by atoms with E-state index >= 15 is 0 Å². The molecule has 3 rings (SSSR count). The minimum atomic E-state index is -2.95. The maximum Gasteiger partial charge on any atom is 0.173 e. The second-order valence-electron chi connectivity index (χ2n) is 7.35. The van der Waals surface area contributed by atoms with E-state index in [1.165, 1.54) is 5.56 Å². The molecule has 2 fully saturated rings. The summed E-state index contributed by atoms with van der Waals surface area (Å²) in [6, 6.07) is 8.03. The van der Waals surface area contributed by atoms with Gasteiger partial charge in [0, 0.05) is 37.9 Å². The molecule has 150 valence electrons. The third-order valence-electron chi connectivity index (χ3n) is 5.19. The van der Waals surface area contributed by atoms with Gasteiger partial charge in [0.05, 0.1) is 24.7 Å². The van der Waals surface area contributed by atoms with E-state index in [9.17, 15) is 8.42 Å². The SMILES string of the molecule is Cc1ccc(NC(=S)N(CCCN2CCOCC2)[C@@H]2CCS(=O)(=O)C2)cc1. The Balaban J connectivity index is 1.61. The van der Waals surface area contributed by atoms with Crippen LogP contribution in [0.5, 0.6) is 0 Å². The lowest BCUT2D eigenvalue weighted by Crippen LogP contribution is -2.45. The van der Waals surface area contributed by atoms with Gasteiger partial charge in [-0.05, 0) is 44.1 Å². The minimum absolute atomic E-state index is 0.0369. The van der Waals surface area contributed by atoms with Crippen molar-refractivity contribution in [1.29, 1.82) is 0 Å². The molecular formula is C19H29N3O3S2. The molecule has 8 heteroatoms. The molecule has 27 heavy (non-hydrogen) atoms. The predicted molar refractivity (Wildman–Crippen MR) is 113 cm³/mol. The summed E-state index contributed by atoms with van der Waals surface area (Å²) in [4.78, 5) is 4.48. The van der Waals surface area contributed by atoms with Crippen molar-refractivity contribution in [2.24, 2.45) is 0 Å². The number of hydrogen-bond donors (Lipinski definition) is 1. The van der Waals surface area contributed by atoms with Crippen molar-refractivity contribution < 1.29 is 13.2 Å². The summed E-state index contributed by atoms with van der Waals surface area (Å²) in [6.07, 6.45) is 1.60. The zero-order valence-electron chi connectivity index (χ0n) is 15.9. The molecule has 0 amide bonds. The van der Waals surface area contributed by atoms with Gasteiger partial charge in [-0.15, -0.1) is 0 Å². The largest absolute Gasteiger partial charge is 0.379 e. The second-order valence-corrected chi connectivity index (χ2v) is 9.97. The molecule has 0 saturated carbocycles. The fraction of sp³-hybridized carbons (Fsp3) is 0.632. The molecule has 2 heterocycles. The lowest BCUT2D eigenvalue weighted by Gasteiger charge is -2.33. The molecule has 0 aliphatic carbocycles. The lowest BCUT2D eigenvalue weighted by atomic mass is 10.2. The van der Waals surface area contributed by atoms with Gasteiger partial charge >= 0.3 is 0 Å². The van der Waals surface area contributed by atoms with Crippen LogP contribution in [-0.2, 0) is 14.6 Å². The normalized spacial score (nSPS) is 22.5. The maximum absolute atomic E-state index is 12.0. The molecule has 2 saturated heterocycles. The van der Waals surface area contributed by atoms with Gasteiger partial charge in [0.25, 0.3) is 0 Å². The van der Waals surface area contributed by atoms with Gasteiger partial charge in [-0.2, -0.15) is 0 Å². The summed E-state index contributed by atoms with van der Waals surface area (Å²) < 4.78 is 29.3. The van der Waals surface area contributed by atoms with E-state index in [2.05, 4.69) is 15.1 Å². The van der Waals surface area contributed by atoms with Gasteiger partial charge in [0.15, 0.2) is 14.9 Å². The van der Waals surface area contributed by atoms with Crippen molar-refractivity contribution in [2.75, 3.05) is 56.2 Å². The maximum atomic E-state index is 12.0. The molecule has 2 aliphatic rings. The number of sulfone groups is 1. The van der Waals surface area contributed by atoms with E-state index in [0.717, 1.165) is 51.5 Å². The van der Waals surface area contributed by atoms with Crippen molar-refractivity contribution in [3.05, 3.63) is 29.8 Å². The lowest BCUT2D eigenvalue weighted by molar-refractivity contribution is 0.0366. The monoisotopic (exact) mass is 411 g/mol. The van der Waals surface area contributed by atoms with Gasteiger partial charge < -0.3 is 15.0 Å². The number of ether oxygens (including phenoxy) is 1. The molecule has 0 bridgehead atoms. The zero-order chi connectivity index (χ0) is 19.3. The minimum Gasteiger partial charge on any atom is -0.379 e. The Morgan fingerprint density at radius 2 is 2.00 bits per heavy atom. The average Bonchev–Trinajstić information content (AvgIpc) is 3.01. The summed E-state index contributed by atoms with van der Waals surface area (Å²) in [6.45, 7) is 7.29. The van der Waals surface area contributed by atoms with E-state index in [0.29, 0.717) is 11.5 Å². The van der Waals surface area contributed by atoms with Crippen molar-refractivity contribution in [2.45, 2.75) is 25.8 Å². The average molecular weight is 412 g/mol. The molecule has 1 aromatic carbocycles. The number of thiocarbonyl (C=S) groups is 1. The van der Waals surface area contributed by atoms with Crippen molar-refractivity contribution >= 4 is 32.9 Å². The van der Waals surface area contributed by atoms with Crippen LogP contribution >= 0.6 is 12.2 Å². The second kappa shape index (κ2) is 9.32. The molecular weight excluding hydrogens is 382 g/mol. The first-order valence-electron chi connectivity index (χ1n) is 9.58. The topological polar surface area (TPSA) is 61.9 Å². The molecule has 0 unspecified atom stereocenters. The highest BCUT2D eigenvalue weighted by atomic mass is 32.2. The van der Waals surface area contributed by atoms with Crippen molar-refractivity contribution in [1.82, 2.24) is 9.80 Å². The third-order valence-corrected chi connectivity index (χ3v) is 7.28. The summed E-state index contributed by atoms with van der Waals surface area (Å²) in [5.74, 6) is 0.449. The van der Waals surface area contributed by atoms with Crippen LogP contribution < -0.4 is 5.32 Å². The fourth-order valence-corrected chi connectivity index (χ4v) is 5.68. The molecule has 0 aromatic heterocycles. The van der Waals surface area contributed by atoms with Crippen LogP contribution in [0.4, 0.5) is 5.69 Å². The first-order chi connectivity index (χ1) is 12.9. The Kier molecular flexibility index (Phi) is 7.08. The van der Waals surface area contributed by atoms with Gasteiger partial charge in [-0.25, -0.2) is 8.42 Å². The van der Waals surface area contributed by atoms with Gasteiger partial charge in [-0.1, -0.05) is 17.7 Å². The van der Waals surface area contributed by atoms with Crippen molar-refractivity contribution in [3.8, 4) is 0 Å². The first kappa shape index (κ1) is 20.5. The smallest absolute Gasteiger partial charge is 0.173 e. The zero-order valence-corrected chi connectivity index (χ0v) is 17.5. The summed E-state index contributed by atoms with van der Waals surface area (Å²) in [5, 5.41) is 3.90. The number of nitrogens with zero attached hydrogens (tertiary/aromatic N) is 2. The van der Waals surface area contributed by atoms with E-state index in [4.69, 9.17) is 17.0 Å². The molecule has 1 N–H and O–H groups in total. The summed E-state index contributed by atoms with van der Waals surface area (Å²) >= 11 is 5.66. The third kappa shape index (κ3) is 6.14. The van der Waals surface area contributed by atoms with Crippen LogP contribution in [-0.4, -0.2) is 80.3 Å². The van der Waals surface area contributed by atoms with Gasteiger partial charge in [-0.3, -0.25) is 4.90 Å². The van der Waals surface area contributed by atoms with Crippen LogP contribution in [0.1, 0.15) is 18.4 Å². The number of anilines is 1. The van der Waals surface area contributed by atoms with E-state index in [1.807, 2.05) is 31.2 Å². The van der Waals surface area contributed by atoms with Crippen LogP contribution in [0.3, 0.4) is 0 Å². The number of morpholine rings is 1. The Morgan fingerprint density at radius 3 is 2.63 bits per heavy atom. The van der Waals surface area contributed by atoms with Crippen LogP contribution in [0.25, 0.3) is 0 Å². The molecule has 1 aromatic rings. The Morgan fingerprint density at radius 1 is 1.30 bits per heavy atom.